The Morgan fingerprint density at radius 2 is 1.95 bits per heavy atom. The molecule has 0 amide bonds. The van der Waals surface area contributed by atoms with Gasteiger partial charge < -0.3 is 10.5 Å². The van der Waals surface area contributed by atoms with Crippen molar-refractivity contribution >= 4 is 11.6 Å². The van der Waals surface area contributed by atoms with Crippen molar-refractivity contribution in [1.29, 1.82) is 0 Å². The first kappa shape index (κ1) is 13.5. The van der Waals surface area contributed by atoms with E-state index in [1.807, 2.05) is 43.3 Å². The fourth-order valence-corrected chi connectivity index (χ4v) is 2.59. The average Bonchev–Trinajstić information content (AvgIpc) is 3.21. The molecule has 1 fully saturated rings. The van der Waals surface area contributed by atoms with Crippen molar-refractivity contribution in [2.45, 2.75) is 31.9 Å². The standard InChI is InChI=1S/C17H18ClNO/c1-11-7-13(9-14(18)8-11)17(19)12-3-2-4-16(10-12)20-15-5-6-15/h2-4,7-10,15,17H,5-6,19H2,1H3. The molecule has 0 radical (unpaired) electrons. The van der Waals surface area contributed by atoms with E-state index in [-0.39, 0.29) is 6.04 Å². The second kappa shape index (κ2) is 5.47. The first-order valence-corrected chi connectivity index (χ1v) is 7.29. The topological polar surface area (TPSA) is 35.2 Å². The molecule has 2 aromatic carbocycles. The van der Waals surface area contributed by atoms with E-state index in [0.717, 1.165) is 40.3 Å². The monoisotopic (exact) mass is 287 g/mol. The molecule has 0 saturated heterocycles. The van der Waals surface area contributed by atoms with Crippen LogP contribution in [-0.4, -0.2) is 6.10 Å². The summed E-state index contributed by atoms with van der Waals surface area (Å²) in [6.07, 6.45) is 2.71. The van der Waals surface area contributed by atoms with E-state index >= 15 is 0 Å². The van der Waals surface area contributed by atoms with Crippen LogP contribution in [0.1, 0.15) is 35.6 Å². The molecule has 3 heteroatoms. The maximum Gasteiger partial charge on any atom is 0.120 e. The van der Waals surface area contributed by atoms with Gasteiger partial charge in [0, 0.05) is 5.02 Å². The van der Waals surface area contributed by atoms with Gasteiger partial charge in [0.25, 0.3) is 0 Å². The molecule has 1 unspecified atom stereocenters. The molecule has 3 rings (SSSR count). The lowest BCUT2D eigenvalue weighted by atomic mass is 9.98. The van der Waals surface area contributed by atoms with E-state index in [0.29, 0.717) is 6.10 Å². The molecule has 1 saturated carbocycles. The van der Waals surface area contributed by atoms with Gasteiger partial charge >= 0.3 is 0 Å². The number of hydrogen-bond donors (Lipinski definition) is 1. The maximum absolute atomic E-state index is 6.36. The quantitative estimate of drug-likeness (QED) is 0.913. The Morgan fingerprint density at radius 3 is 2.65 bits per heavy atom. The summed E-state index contributed by atoms with van der Waals surface area (Å²) in [6.45, 7) is 2.02. The van der Waals surface area contributed by atoms with E-state index < -0.39 is 0 Å². The molecule has 1 aliphatic rings. The highest BCUT2D eigenvalue weighted by atomic mass is 35.5. The number of ether oxygens (including phenoxy) is 1. The summed E-state index contributed by atoms with van der Waals surface area (Å²) in [6, 6.07) is 13.8. The lowest BCUT2D eigenvalue weighted by Crippen LogP contribution is -2.12. The Balaban J connectivity index is 1.86. The maximum atomic E-state index is 6.36. The Labute approximate surface area is 124 Å². The predicted octanol–water partition coefficient (Wildman–Crippen LogP) is 4.24. The van der Waals surface area contributed by atoms with E-state index in [1.165, 1.54) is 0 Å². The van der Waals surface area contributed by atoms with Crippen molar-refractivity contribution in [3.8, 4) is 5.75 Å². The smallest absolute Gasteiger partial charge is 0.120 e. The number of benzene rings is 2. The van der Waals surface area contributed by atoms with E-state index in [4.69, 9.17) is 22.1 Å². The van der Waals surface area contributed by atoms with Crippen LogP contribution in [0.15, 0.2) is 42.5 Å². The number of rotatable bonds is 4. The summed E-state index contributed by atoms with van der Waals surface area (Å²) in [5.41, 5.74) is 9.55. The van der Waals surface area contributed by atoms with Crippen molar-refractivity contribution in [2.24, 2.45) is 5.73 Å². The van der Waals surface area contributed by atoms with Gasteiger partial charge in [0.05, 0.1) is 12.1 Å². The van der Waals surface area contributed by atoms with Gasteiger partial charge in [0.1, 0.15) is 5.75 Å². The minimum atomic E-state index is -0.185. The van der Waals surface area contributed by atoms with Crippen LogP contribution in [-0.2, 0) is 0 Å². The molecule has 0 spiro atoms. The Bertz CT molecular complexity index is 602. The highest BCUT2D eigenvalue weighted by Crippen LogP contribution is 2.30. The highest BCUT2D eigenvalue weighted by Gasteiger charge is 2.23. The molecule has 0 aliphatic heterocycles. The van der Waals surface area contributed by atoms with Crippen LogP contribution in [0.4, 0.5) is 0 Å². The zero-order chi connectivity index (χ0) is 14.1. The lowest BCUT2D eigenvalue weighted by Gasteiger charge is -2.15. The van der Waals surface area contributed by atoms with Crippen LogP contribution in [0.25, 0.3) is 0 Å². The van der Waals surface area contributed by atoms with Gasteiger partial charge in [-0.25, -0.2) is 0 Å². The van der Waals surface area contributed by atoms with Crippen LogP contribution in [0.3, 0.4) is 0 Å². The third-order valence-electron chi connectivity index (χ3n) is 3.47. The normalized spacial score (nSPS) is 15.9. The van der Waals surface area contributed by atoms with Crippen LogP contribution in [0.5, 0.6) is 5.75 Å². The van der Waals surface area contributed by atoms with Crippen molar-refractivity contribution in [3.05, 3.63) is 64.2 Å². The molecule has 0 bridgehead atoms. The molecule has 1 aliphatic carbocycles. The molecule has 2 N–H and O–H groups in total. The fraction of sp³-hybridized carbons (Fsp3) is 0.294. The van der Waals surface area contributed by atoms with Crippen LogP contribution >= 0.6 is 11.6 Å². The minimum Gasteiger partial charge on any atom is -0.490 e. The third kappa shape index (κ3) is 3.14. The molecule has 104 valence electrons. The summed E-state index contributed by atoms with van der Waals surface area (Å²) in [7, 11) is 0. The van der Waals surface area contributed by atoms with Gasteiger partial charge in [-0.1, -0.05) is 29.8 Å². The van der Waals surface area contributed by atoms with Gasteiger partial charge in [0.15, 0.2) is 0 Å². The Morgan fingerprint density at radius 1 is 1.15 bits per heavy atom. The molecule has 2 aromatic rings. The molecule has 0 heterocycles. The average molecular weight is 288 g/mol. The second-order valence-electron chi connectivity index (χ2n) is 5.43. The van der Waals surface area contributed by atoms with E-state index in [9.17, 15) is 0 Å². The summed E-state index contributed by atoms with van der Waals surface area (Å²) < 4.78 is 5.82. The van der Waals surface area contributed by atoms with Gasteiger partial charge in [-0.15, -0.1) is 0 Å². The Kier molecular flexibility index (Phi) is 3.68. The van der Waals surface area contributed by atoms with Crippen molar-refractivity contribution in [3.63, 3.8) is 0 Å². The number of hydrogen-bond acceptors (Lipinski definition) is 2. The zero-order valence-corrected chi connectivity index (χ0v) is 12.2. The highest BCUT2D eigenvalue weighted by molar-refractivity contribution is 6.30. The third-order valence-corrected chi connectivity index (χ3v) is 3.69. The molecule has 2 nitrogen and oxygen atoms in total. The molecule has 0 aromatic heterocycles. The van der Waals surface area contributed by atoms with Crippen molar-refractivity contribution in [1.82, 2.24) is 0 Å². The molecule has 20 heavy (non-hydrogen) atoms. The zero-order valence-electron chi connectivity index (χ0n) is 11.5. The van der Waals surface area contributed by atoms with E-state index in [2.05, 4.69) is 6.07 Å². The number of nitrogens with two attached hydrogens (primary N) is 1. The van der Waals surface area contributed by atoms with Crippen molar-refractivity contribution < 1.29 is 4.74 Å². The van der Waals surface area contributed by atoms with Crippen LogP contribution in [0, 0.1) is 6.92 Å². The van der Waals surface area contributed by atoms with Crippen molar-refractivity contribution in [2.75, 3.05) is 0 Å². The summed E-state index contributed by atoms with van der Waals surface area (Å²) >= 11 is 6.11. The summed E-state index contributed by atoms with van der Waals surface area (Å²) in [4.78, 5) is 0. The number of aryl methyl sites for hydroxylation is 1. The summed E-state index contributed by atoms with van der Waals surface area (Å²) in [5, 5.41) is 0.723. The number of halogens is 1. The summed E-state index contributed by atoms with van der Waals surface area (Å²) in [5.74, 6) is 0.902. The molecular formula is C17H18ClNO. The Hall–Kier alpha value is -1.51. The first-order chi connectivity index (χ1) is 9.61. The van der Waals surface area contributed by atoms with Gasteiger partial charge in [0.2, 0.25) is 0 Å². The lowest BCUT2D eigenvalue weighted by molar-refractivity contribution is 0.303. The van der Waals surface area contributed by atoms with Crippen LogP contribution < -0.4 is 10.5 Å². The largest absolute Gasteiger partial charge is 0.490 e. The van der Waals surface area contributed by atoms with Gasteiger partial charge in [-0.3, -0.25) is 0 Å². The fourth-order valence-electron chi connectivity index (χ4n) is 2.30. The second-order valence-corrected chi connectivity index (χ2v) is 5.87. The van der Waals surface area contributed by atoms with Gasteiger partial charge in [-0.05, 0) is 60.7 Å². The minimum absolute atomic E-state index is 0.185. The van der Waals surface area contributed by atoms with E-state index in [1.54, 1.807) is 0 Å². The predicted molar refractivity (Wildman–Crippen MR) is 82.3 cm³/mol. The molecule has 1 atom stereocenters. The SMILES string of the molecule is Cc1cc(Cl)cc(C(N)c2cccc(OC3CC3)c2)c1. The van der Waals surface area contributed by atoms with Gasteiger partial charge in [-0.2, -0.15) is 0 Å². The molecular weight excluding hydrogens is 270 g/mol. The van der Waals surface area contributed by atoms with Crippen LogP contribution in [0.2, 0.25) is 5.02 Å². The first-order valence-electron chi connectivity index (χ1n) is 6.91.